The highest BCUT2D eigenvalue weighted by molar-refractivity contribution is 7.22. The number of hydrogen-bond acceptors (Lipinski definition) is 5. The van der Waals surface area contributed by atoms with Crippen LogP contribution in [0.3, 0.4) is 0 Å². The molecule has 1 amide bonds. The van der Waals surface area contributed by atoms with Gasteiger partial charge < -0.3 is 10.2 Å². The number of amides is 1. The summed E-state index contributed by atoms with van der Waals surface area (Å²) >= 11 is 1.37. The molecule has 1 aliphatic heterocycles. The number of rotatable bonds is 3. The van der Waals surface area contributed by atoms with Crippen molar-refractivity contribution >= 4 is 38.4 Å². The van der Waals surface area contributed by atoms with E-state index in [0.717, 1.165) is 22.4 Å². The van der Waals surface area contributed by atoms with E-state index in [1.165, 1.54) is 17.4 Å². The van der Waals surface area contributed by atoms with Gasteiger partial charge in [0.1, 0.15) is 5.82 Å². The summed E-state index contributed by atoms with van der Waals surface area (Å²) in [6.07, 6.45) is -1.37. The maximum Gasteiger partial charge on any atom is 0.416 e. The molecule has 0 unspecified atom stereocenters. The third-order valence-electron chi connectivity index (χ3n) is 5.00. The molecule has 0 aliphatic carbocycles. The lowest BCUT2D eigenvalue weighted by Gasteiger charge is -2.30. The van der Waals surface area contributed by atoms with Crippen LogP contribution in [-0.4, -0.2) is 29.0 Å². The number of hydrogen-bond donors (Lipinski definition) is 1. The van der Waals surface area contributed by atoms with Crippen LogP contribution < -0.4 is 10.2 Å². The van der Waals surface area contributed by atoms with Gasteiger partial charge in [0.15, 0.2) is 5.13 Å². The largest absolute Gasteiger partial charge is 0.416 e. The summed E-state index contributed by atoms with van der Waals surface area (Å²) in [7, 11) is 0. The van der Waals surface area contributed by atoms with Gasteiger partial charge in [-0.25, -0.2) is 9.97 Å². The van der Waals surface area contributed by atoms with Crippen molar-refractivity contribution in [1.82, 2.24) is 9.97 Å². The smallest absolute Gasteiger partial charge is 0.348 e. The molecule has 29 heavy (non-hydrogen) atoms. The number of halogens is 3. The van der Waals surface area contributed by atoms with Crippen molar-refractivity contribution in [2.75, 3.05) is 23.3 Å². The summed E-state index contributed by atoms with van der Waals surface area (Å²) in [5.74, 6) is 0.357. The lowest BCUT2D eigenvalue weighted by atomic mass is 9.96. The van der Waals surface area contributed by atoms with Crippen LogP contribution in [0.25, 0.3) is 10.2 Å². The zero-order chi connectivity index (χ0) is 20.6. The molecule has 0 spiro atoms. The van der Waals surface area contributed by atoms with Crippen LogP contribution in [0.5, 0.6) is 0 Å². The van der Waals surface area contributed by atoms with E-state index < -0.39 is 11.7 Å². The highest BCUT2D eigenvalue weighted by Gasteiger charge is 2.31. The average Bonchev–Trinajstić information content (AvgIpc) is 3.12. The molecule has 0 atom stereocenters. The van der Waals surface area contributed by atoms with Crippen LogP contribution in [-0.2, 0) is 11.0 Å². The summed E-state index contributed by atoms with van der Waals surface area (Å²) < 4.78 is 39.4. The van der Waals surface area contributed by atoms with Gasteiger partial charge in [0.05, 0.1) is 15.8 Å². The molecule has 1 saturated heterocycles. The van der Waals surface area contributed by atoms with Crippen LogP contribution >= 0.6 is 11.3 Å². The summed E-state index contributed by atoms with van der Waals surface area (Å²) in [6.45, 7) is 3.19. The van der Waals surface area contributed by atoms with Gasteiger partial charge in [-0.05, 0) is 49.6 Å². The molecule has 3 aromatic rings. The van der Waals surface area contributed by atoms with Gasteiger partial charge in [-0.1, -0.05) is 17.4 Å². The first-order valence-corrected chi connectivity index (χ1v) is 10.1. The summed E-state index contributed by atoms with van der Waals surface area (Å²) in [5.41, 5.74) is 0.682. The Labute approximate surface area is 169 Å². The number of aryl methyl sites for hydroxylation is 1. The van der Waals surface area contributed by atoms with Gasteiger partial charge in [-0.2, -0.15) is 13.2 Å². The normalized spacial score (nSPS) is 15.7. The Morgan fingerprint density at radius 2 is 1.97 bits per heavy atom. The van der Waals surface area contributed by atoms with Gasteiger partial charge in [0, 0.05) is 25.2 Å². The molecular weight excluding hydrogens is 401 g/mol. The second-order valence-electron chi connectivity index (χ2n) is 7.15. The number of carbonyl (C=O) groups is 1. The number of carbonyl (C=O) groups excluding carboxylic acids is 1. The standard InChI is InChI=1S/C20H19F3N4OS/c1-12-2-5-17(24-11-12)26-18(28)13-6-8-27(9-7-13)19-25-15-10-14(20(21,22)23)3-4-16(15)29-19/h2-5,10-11,13H,6-9H2,1H3,(H,24,26,28). The van der Waals surface area contributed by atoms with Crippen molar-refractivity contribution in [2.24, 2.45) is 5.92 Å². The Hall–Kier alpha value is -2.68. The maximum absolute atomic E-state index is 12.9. The van der Waals surface area contributed by atoms with Crippen LogP contribution in [0.15, 0.2) is 36.5 Å². The Bertz CT molecular complexity index is 1020. The Kier molecular flexibility index (Phi) is 5.16. The average molecular weight is 420 g/mol. The Balaban J connectivity index is 1.40. The minimum absolute atomic E-state index is 0.0554. The van der Waals surface area contributed by atoms with E-state index in [2.05, 4.69) is 15.3 Å². The van der Waals surface area contributed by atoms with Gasteiger partial charge in [0.2, 0.25) is 5.91 Å². The maximum atomic E-state index is 12.9. The van der Waals surface area contributed by atoms with Gasteiger partial charge in [-0.3, -0.25) is 4.79 Å². The summed E-state index contributed by atoms with van der Waals surface area (Å²) in [4.78, 5) is 23.1. The number of fused-ring (bicyclic) bond motifs is 1. The molecule has 0 radical (unpaired) electrons. The van der Waals surface area contributed by atoms with E-state index in [9.17, 15) is 18.0 Å². The van der Waals surface area contributed by atoms with E-state index in [1.54, 1.807) is 12.3 Å². The van der Waals surface area contributed by atoms with E-state index in [4.69, 9.17) is 0 Å². The second-order valence-corrected chi connectivity index (χ2v) is 8.16. The number of aromatic nitrogens is 2. The number of thiazole rings is 1. The van der Waals surface area contributed by atoms with E-state index in [0.29, 0.717) is 42.4 Å². The van der Waals surface area contributed by atoms with E-state index in [1.807, 2.05) is 17.9 Å². The molecule has 9 heteroatoms. The molecule has 5 nitrogen and oxygen atoms in total. The molecule has 0 bridgehead atoms. The molecule has 3 heterocycles. The first-order chi connectivity index (χ1) is 13.8. The molecule has 2 aromatic heterocycles. The molecule has 0 saturated carbocycles. The summed E-state index contributed by atoms with van der Waals surface area (Å²) in [6, 6.07) is 7.30. The quantitative estimate of drug-likeness (QED) is 0.657. The van der Waals surface area contributed by atoms with Crippen LogP contribution in [0.1, 0.15) is 24.0 Å². The number of anilines is 2. The van der Waals surface area contributed by atoms with Crippen LogP contribution in [0.4, 0.5) is 24.1 Å². The monoisotopic (exact) mass is 420 g/mol. The number of nitrogens with zero attached hydrogens (tertiary/aromatic N) is 3. The molecule has 152 valence electrons. The fourth-order valence-electron chi connectivity index (χ4n) is 3.33. The molecular formula is C20H19F3N4OS. The lowest BCUT2D eigenvalue weighted by Crippen LogP contribution is -2.38. The minimum Gasteiger partial charge on any atom is -0.348 e. The number of nitrogens with one attached hydrogen (secondary N) is 1. The predicted molar refractivity (Wildman–Crippen MR) is 107 cm³/mol. The SMILES string of the molecule is Cc1ccc(NC(=O)C2CCN(c3nc4cc(C(F)(F)F)ccc4s3)CC2)nc1. The number of alkyl halides is 3. The lowest BCUT2D eigenvalue weighted by molar-refractivity contribution is -0.137. The molecule has 1 N–H and O–H groups in total. The molecule has 1 aromatic carbocycles. The third-order valence-corrected chi connectivity index (χ3v) is 6.10. The highest BCUT2D eigenvalue weighted by Crippen LogP contribution is 2.36. The topological polar surface area (TPSA) is 58.1 Å². The molecule has 4 rings (SSSR count). The van der Waals surface area contributed by atoms with Crippen molar-refractivity contribution in [2.45, 2.75) is 25.9 Å². The van der Waals surface area contributed by atoms with Crippen LogP contribution in [0, 0.1) is 12.8 Å². The first kappa shape index (κ1) is 19.6. The van der Waals surface area contributed by atoms with Crippen molar-refractivity contribution in [3.63, 3.8) is 0 Å². The number of pyridine rings is 1. The van der Waals surface area contributed by atoms with E-state index in [-0.39, 0.29) is 11.8 Å². The first-order valence-electron chi connectivity index (χ1n) is 9.26. The molecule has 1 fully saturated rings. The third kappa shape index (κ3) is 4.34. The Morgan fingerprint density at radius 3 is 2.62 bits per heavy atom. The summed E-state index contributed by atoms with van der Waals surface area (Å²) in [5, 5.41) is 3.54. The van der Waals surface area contributed by atoms with Crippen molar-refractivity contribution < 1.29 is 18.0 Å². The number of piperidine rings is 1. The minimum atomic E-state index is -4.38. The predicted octanol–water partition coefficient (Wildman–Crippen LogP) is 4.87. The van der Waals surface area contributed by atoms with Crippen LogP contribution in [0.2, 0.25) is 0 Å². The van der Waals surface area contributed by atoms with Gasteiger partial charge in [0.25, 0.3) is 0 Å². The zero-order valence-corrected chi connectivity index (χ0v) is 16.5. The van der Waals surface area contributed by atoms with Gasteiger partial charge >= 0.3 is 6.18 Å². The number of benzene rings is 1. The second kappa shape index (κ2) is 7.62. The van der Waals surface area contributed by atoms with Crippen molar-refractivity contribution in [3.8, 4) is 0 Å². The highest BCUT2D eigenvalue weighted by atomic mass is 32.1. The van der Waals surface area contributed by atoms with E-state index >= 15 is 0 Å². The zero-order valence-electron chi connectivity index (χ0n) is 15.7. The fraction of sp³-hybridized carbons (Fsp3) is 0.350. The van der Waals surface area contributed by atoms with Gasteiger partial charge in [-0.15, -0.1) is 0 Å². The Morgan fingerprint density at radius 1 is 1.21 bits per heavy atom. The van der Waals surface area contributed by atoms with Crippen molar-refractivity contribution in [1.29, 1.82) is 0 Å². The fourth-order valence-corrected chi connectivity index (χ4v) is 4.33. The van der Waals surface area contributed by atoms with Crippen molar-refractivity contribution in [3.05, 3.63) is 47.7 Å². The molecule has 1 aliphatic rings.